The van der Waals surface area contributed by atoms with Gasteiger partial charge in [0.25, 0.3) is 0 Å². The van der Waals surface area contributed by atoms with Gasteiger partial charge < -0.3 is 14.2 Å². The summed E-state index contributed by atoms with van der Waals surface area (Å²) in [5.74, 6) is -0.898. The molecule has 0 amide bonds. The molecule has 6 nitrogen and oxygen atoms in total. The Kier molecular flexibility index (Phi) is 53.3. The smallest absolute Gasteiger partial charge is 0.306 e. The van der Waals surface area contributed by atoms with Crippen LogP contribution in [0.3, 0.4) is 0 Å². The number of hydrogen-bond donors (Lipinski definition) is 0. The van der Waals surface area contributed by atoms with Gasteiger partial charge in [-0.15, -0.1) is 0 Å². The molecule has 388 valence electrons. The third-order valence-electron chi connectivity index (χ3n) is 12.5. The number of hydrogen-bond acceptors (Lipinski definition) is 6. The Balaban J connectivity index is 4.37. The van der Waals surface area contributed by atoms with Crippen molar-refractivity contribution in [3.63, 3.8) is 0 Å². The molecule has 0 aromatic carbocycles. The molecule has 67 heavy (non-hydrogen) atoms. The number of allylic oxidation sites excluding steroid dienone is 10. The van der Waals surface area contributed by atoms with Crippen LogP contribution in [0.5, 0.6) is 0 Å². The first-order chi connectivity index (χ1) is 33.0. The SMILES string of the molecule is CC/C=C\C/C=C\C/C=C\CCCCCCCCCCCC(=O)OCC(COC(=O)CCCCC/C=C\CCCCCCCC)OC(=O)CCCCCCCCC/C=C\CCCCCCCC. The van der Waals surface area contributed by atoms with Crippen LogP contribution >= 0.6 is 0 Å². The summed E-state index contributed by atoms with van der Waals surface area (Å²) in [4.78, 5) is 38.1. The average Bonchev–Trinajstić information content (AvgIpc) is 3.33. The largest absolute Gasteiger partial charge is 0.462 e. The lowest BCUT2D eigenvalue weighted by Crippen LogP contribution is -2.30. The van der Waals surface area contributed by atoms with Crippen molar-refractivity contribution in [2.75, 3.05) is 13.2 Å². The minimum absolute atomic E-state index is 0.0824. The second-order valence-corrected chi connectivity index (χ2v) is 19.2. The summed E-state index contributed by atoms with van der Waals surface area (Å²) in [6, 6.07) is 0. The van der Waals surface area contributed by atoms with Crippen molar-refractivity contribution in [2.24, 2.45) is 0 Å². The van der Waals surface area contributed by atoms with Gasteiger partial charge in [0, 0.05) is 19.3 Å². The first-order valence-corrected chi connectivity index (χ1v) is 28.8. The summed E-state index contributed by atoms with van der Waals surface area (Å²) < 4.78 is 16.9. The maximum Gasteiger partial charge on any atom is 0.306 e. The highest BCUT2D eigenvalue weighted by Crippen LogP contribution is 2.15. The van der Waals surface area contributed by atoms with Crippen LogP contribution < -0.4 is 0 Å². The standard InChI is InChI=1S/C61H108O6/c1-4-7-10-13-16-19-22-25-27-29-30-32-33-36-39-42-45-48-51-54-60(63)66-57-58(56-65-59(62)53-50-47-44-41-38-35-24-21-18-15-12-9-6-3)67-61(64)55-52-49-46-43-40-37-34-31-28-26-23-20-17-14-11-8-5-2/h7,10,16,19,25-28,35,38,58H,4-6,8-9,11-15,17-18,20-24,29-34,36-37,39-57H2,1-3H3/b10-7-,19-16-,27-25-,28-26-,38-35-. The van der Waals surface area contributed by atoms with Crippen molar-refractivity contribution in [3.05, 3.63) is 60.8 Å². The van der Waals surface area contributed by atoms with Gasteiger partial charge >= 0.3 is 17.9 Å². The van der Waals surface area contributed by atoms with Crippen molar-refractivity contribution in [1.82, 2.24) is 0 Å². The van der Waals surface area contributed by atoms with E-state index >= 15 is 0 Å². The second-order valence-electron chi connectivity index (χ2n) is 19.2. The van der Waals surface area contributed by atoms with Crippen molar-refractivity contribution >= 4 is 17.9 Å². The van der Waals surface area contributed by atoms with Crippen LogP contribution in [-0.2, 0) is 28.6 Å². The number of ether oxygens (including phenoxy) is 3. The van der Waals surface area contributed by atoms with Crippen LogP contribution in [0.2, 0.25) is 0 Å². The lowest BCUT2D eigenvalue weighted by molar-refractivity contribution is -0.167. The van der Waals surface area contributed by atoms with Crippen molar-refractivity contribution < 1.29 is 28.6 Å². The molecule has 0 heterocycles. The maximum absolute atomic E-state index is 12.9. The molecule has 0 aliphatic heterocycles. The quantitative estimate of drug-likeness (QED) is 0.0262. The average molecular weight is 938 g/mol. The monoisotopic (exact) mass is 937 g/mol. The predicted octanol–water partition coefficient (Wildman–Crippen LogP) is 19.2. The summed E-state index contributed by atoms with van der Waals surface area (Å²) >= 11 is 0. The molecule has 0 radical (unpaired) electrons. The van der Waals surface area contributed by atoms with E-state index in [0.717, 1.165) is 89.9 Å². The van der Waals surface area contributed by atoms with Crippen LogP contribution in [-0.4, -0.2) is 37.2 Å². The second kappa shape index (κ2) is 55.7. The van der Waals surface area contributed by atoms with Gasteiger partial charge in [0.1, 0.15) is 13.2 Å². The minimum Gasteiger partial charge on any atom is -0.462 e. The molecule has 0 aliphatic rings. The summed E-state index contributed by atoms with van der Waals surface area (Å²) in [5.41, 5.74) is 0. The molecule has 0 saturated heterocycles. The van der Waals surface area contributed by atoms with E-state index in [1.165, 1.54) is 161 Å². The van der Waals surface area contributed by atoms with Crippen molar-refractivity contribution in [1.29, 1.82) is 0 Å². The van der Waals surface area contributed by atoms with E-state index in [1.807, 2.05) is 0 Å². The van der Waals surface area contributed by atoms with Gasteiger partial charge in [-0.2, -0.15) is 0 Å². The van der Waals surface area contributed by atoms with Crippen LogP contribution in [0.1, 0.15) is 290 Å². The van der Waals surface area contributed by atoms with Gasteiger partial charge in [0.15, 0.2) is 6.10 Å². The van der Waals surface area contributed by atoms with Crippen molar-refractivity contribution in [2.45, 2.75) is 297 Å². The normalized spacial score (nSPS) is 12.5. The van der Waals surface area contributed by atoms with E-state index in [2.05, 4.69) is 81.5 Å². The molecule has 0 aromatic rings. The fraction of sp³-hybridized carbons (Fsp3) is 0.787. The van der Waals surface area contributed by atoms with E-state index in [4.69, 9.17) is 14.2 Å². The van der Waals surface area contributed by atoms with E-state index < -0.39 is 6.10 Å². The van der Waals surface area contributed by atoms with Crippen LogP contribution in [0.4, 0.5) is 0 Å². The van der Waals surface area contributed by atoms with Gasteiger partial charge in [-0.3, -0.25) is 14.4 Å². The van der Waals surface area contributed by atoms with Crippen LogP contribution in [0.25, 0.3) is 0 Å². The third-order valence-corrected chi connectivity index (χ3v) is 12.5. The van der Waals surface area contributed by atoms with Crippen LogP contribution in [0, 0.1) is 0 Å². The highest BCUT2D eigenvalue weighted by molar-refractivity contribution is 5.71. The molecule has 0 spiro atoms. The van der Waals surface area contributed by atoms with Crippen molar-refractivity contribution in [3.8, 4) is 0 Å². The van der Waals surface area contributed by atoms with Gasteiger partial charge in [-0.25, -0.2) is 0 Å². The Morgan fingerprint density at radius 2 is 0.582 bits per heavy atom. The highest BCUT2D eigenvalue weighted by atomic mass is 16.6. The number of rotatable bonds is 52. The molecule has 6 heteroatoms. The molecule has 0 N–H and O–H groups in total. The summed E-state index contributed by atoms with van der Waals surface area (Å²) in [7, 11) is 0. The lowest BCUT2D eigenvalue weighted by Gasteiger charge is -2.18. The van der Waals surface area contributed by atoms with E-state index in [-0.39, 0.29) is 31.1 Å². The first kappa shape index (κ1) is 64.1. The Hall–Kier alpha value is -2.89. The van der Waals surface area contributed by atoms with Gasteiger partial charge in [-0.1, -0.05) is 229 Å². The van der Waals surface area contributed by atoms with Gasteiger partial charge in [0.05, 0.1) is 0 Å². The molecule has 0 bridgehead atoms. The molecular weight excluding hydrogens is 829 g/mol. The van der Waals surface area contributed by atoms with E-state index in [0.29, 0.717) is 19.3 Å². The fourth-order valence-electron chi connectivity index (χ4n) is 8.15. The van der Waals surface area contributed by atoms with Crippen LogP contribution in [0.15, 0.2) is 60.8 Å². The van der Waals surface area contributed by atoms with E-state index in [1.54, 1.807) is 0 Å². The zero-order chi connectivity index (χ0) is 48.6. The number of esters is 3. The molecule has 1 atom stereocenters. The number of carbonyl (C=O) groups is 3. The molecule has 0 saturated carbocycles. The fourth-order valence-corrected chi connectivity index (χ4v) is 8.15. The summed E-state index contributed by atoms with van der Waals surface area (Å²) in [6.45, 7) is 6.52. The Morgan fingerprint density at radius 3 is 0.940 bits per heavy atom. The lowest BCUT2D eigenvalue weighted by atomic mass is 10.1. The zero-order valence-electron chi connectivity index (χ0n) is 44.4. The molecule has 0 aliphatic carbocycles. The molecule has 0 rings (SSSR count). The third kappa shape index (κ3) is 53.9. The minimum atomic E-state index is -0.784. The highest BCUT2D eigenvalue weighted by Gasteiger charge is 2.19. The molecule has 0 fully saturated rings. The first-order valence-electron chi connectivity index (χ1n) is 28.8. The molecular formula is C61H108O6. The molecule has 0 aromatic heterocycles. The Bertz CT molecular complexity index is 1210. The Morgan fingerprint density at radius 1 is 0.313 bits per heavy atom. The summed E-state index contributed by atoms with van der Waals surface area (Å²) in [5, 5.41) is 0. The topological polar surface area (TPSA) is 78.9 Å². The summed E-state index contributed by atoms with van der Waals surface area (Å²) in [6.07, 6.45) is 69.2. The predicted molar refractivity (Wildman–Crippen MR) is 288 cm³/mol. The Labute approximate surface area is 415 Å². The number of unbranched alkanes of at least 4 members (excludes halogenated alkanes) is 31. The zero-order valence-corrected chi connectivity index (χ0v) is 44.4. The molecule has 1 unspecified atom stereocenters. The maximum atomic E-state index is 12.9. The number of carbonyl (C=O) groups excluding carboxylic acids is 3. The van der Waals surface area contributed by atoms with E-state index in [9.17, 15) is 14.4 Å². The van der Waals surface area contributed by atoms with Gasteiger partial charge in [-0.05, 0) is 103 Å². The van der Waals surface area contributed by atoms with Gasteiger partial charge in [0.2, 0.25) is 0 Å².